The number of ether oxygens (including phenoxy) is 3. The van der Waals surface area contributed by atoms with Crippen LogP contribution in [0.3, 0.4) is 0 Å². The summed E-state index contributed by atoms with van der Waals surface area (Å²) in [4.78, 5) is 0. The van der Waals surface area contributed by atoms with E-state index < -0.39 is 5.97 Å². The van der Waals surface area contributed by atoms with Crippen molar-refractivity contribution in [2.45, 2.75) is 44.5 Å². The summed E-state index contributed by atoms with van der Waals surface area (Å²) < 4.78 is 17.0. The van der Waals surface area contributed by atoms with Gasteiger partial charge in [0.25, 0.3) is 5.97 Å². The smallest absolute Gasteiger partial charge is 0.285 e. The van der Waals surface area contributed by atoms with Crippen LogP contribution in [0.25, 0.3) is 0 Å². The molecular weight excluding hydrogens is 232 g/mol. The normalized spacial score (nSPS) is 35.2. The van der Waals surface area contributed by atoms with Gasteiger partial charge in [0, 0.05) is 26.7 Å². The third-order valence-electron chi connectivity index (χ3n) is 4.68. The minimum atomic E-state index is -0.895. The number of hydrogen-bond acceptors (Lipinski definition) is 4. The Balaban J connectivity index is 2.15. The molecule has 1 saturated heterocycles. The van der Waals surface area contributed by atoms with Gasteiger partial charge in [0.05, 0.1) is 6.61 Å². The van der Waals surface area contributed by atoms with Crippen molar-refractivity contribution in [3.8, 4) is 0 Å². The van der Waals surface area contributed by atoms with Crippen LogP contribution < -0.4 is 0 Å². The Morgan fingerprint density at radius 3 is 2.61 bits per heavy atom. The molecule has 0 unspecified atom stereocenters. The fraction of sp³-hybridized carbons (Fsp3) is 1.00. The summed E-state index contributed by atoms with van der Waals surface area (Å²) >= 11 is 0. The van der Waals surface area contributed by atoms with Gasteiger partial charge in [-0.05, 0) is 37.5 Å². The topological polar surface area (TPSA) is 47.9 Å². The summed E-state index contributed by atoms with van der Waals surface area (Å²) in [5, 5.41) is 9.09. The molecule has 1 heterocycles. The molecule has 0 radical (unpaired) electrons. The number of methoxy groups -OCH3 is 2. The maximum absolute atomic E-state index is 9.09. The lowest BCUT2D eigenvalue weighted by Gasteiger charge is -2.50. The molecule has 0 amide bonds. The number of hydrogen-bond donors (Lipinski definition) is 1. The number of aliphatic hydroxyl groups is 1. The van der Waals surface area contributed by atoms with E-state index in [1.165, 1.54) is 25.7 Å². The van der Waals surface area contributed by atoms with Gasteiger partial charge in [-0.1, -0.05) is 12.8 Å². The molecular formula is C14H26O4. The number of aliphatic hydroxyl groups excluding tert-OH is 1. The molecule has 2 aliphatic rings. The molecule has 0 aromatic rings. The highest BCUT2D eigenvalue weighted by Gasteiger charge is 2.51. The SMILES string of the molecule is COC1(OC)OC[C@@H]2CCCC[C@H]2[C@@H]1CCCO. The minimum absolute atomic E-state index is 0.220. The third-order valence-corrected chi connectivity index (χ3v) is 4.68. The van der Waals surface area contributed by atoms with Crippen molar-refractivity contribution >= 4 is 0 Å². The summed E-state index contributed by atoms with van der Waals surface area (Å²) in [5.41, 5.74) is 0. The maximum Gasteiger partial charge on any atom is 0.285 e. The maximum atomic E-state index is 9.09. The zero-order valence-electron chi connectivity index (χ0n) is 11.6. The Morgan fingerprint density at radius 2 is 1.94 bits per heavy atom. The Kier molecular flexibility index (Phi) is 5.01. The van der Waals surface area contributed by atoms with Crippen LogP contribution >= 0.6 is 0 Å². The van der Waals surface area contributed by atoms with Crippen LogP contribution in [0, 0.1) is 17.8 Å². The summed E-state index contributed by atoms with van der Waals surface area (Å²) in [6.45, 7) is 0.958. The van der Waals surface area contributed by atoms with Crippen LogP contribution in [-0.4, -0.2) is 38.5 Å². The standard InChI is InChI=1S/C14H26O4/c1-16-14(17-2)13(8-5-9-15)12-7-4-3-6-11(12)10-18-14/h11-13,15H,3-10H2,1-2H3/t11-,12+,13-/m0/s1. The van der Waals surface area contributed by atoms with Crippen LogP contribution in [0.2, 0.25) is 0 Å². The predicted octanol–water partition coefficient (Wildman–Crippen LogP) is 2.16. The average molecular weight is 258 g/mol. The summed E-state index contributed by atoms with van der Waals surface area (Å²) in [5.74, 6) is 0.590. The van der Waals surface area contributed by atoms with Gasteiger partial charge in [0.2, 0.25) is 0 Å². The summed E-state index contributed by atoms with van der Waals surface area (Å²) in [6.07, 6.45) is 6.78. The highest BCUT2D eigenvalue weighted by atomic mass is 16.9. The zero-order chi connectivity index (χ0) is 13.0. The van der Waals surface area contributed by atoms with Crippen molar-refractivity contribution in [3.05, 3.63) is 0 Å². The average Bonchev–Trinajstić information content (AvgIpc) is 2.44. The molecule has 18 heavy (non-hydrogen) atoms. The van der Waals surface area contributed by atoms with E-state index in [9.17, 15) is 0 Å². The molecule has 106 valence electrons. The molecule has 2 rings (SSSR count). The van der Waals surface area contributed by atoms with Gasteiger partial charge in [-0.3, -0.25) is 0 Å². The van der Waals surface area contributed by atoms with Crippen LogP contribution in [0.15, 0.2) is 0 Å². The van der Waals surface area contributed by atoms with E-state index in [4.69, 9.17) is 19.3 Å². The second kappa shape index (κ2) is 6.33. The molecule has 1 saturated carbocycles. The molecule has 1 aliphatic heterocycles. The van der Waals surface area contributed by atoms with E-state index >= 15 is 0 Å². The largest absolute Gasteiger partial charge is 0.396 e. The zero-order valence-corrected chi connectivity index (χ0v) is 11.6. The van der Waals surface area contributed by atoms with Crippen LogP contribution in [0.1, 0.15) is 38.5 Å². The van der Waals surface area contributed by atoms with Crippen molar-refractivity contribution in [2.75, 3.05) is 27.4 Å². The van der Waals surface area contributed by atoms with E-state index in [1.807, 2.05) is 0 Å². The summed E-state index contributed by atoms with van der Waals surface area (Å²) in [6, 6.07) is 0. The van der Waals surface area contributed by atoms with Gasteiger partial charge < -0.3 is 19.3 Å². The third kappa shape index (κ3) is 2.57. The predicted molar refractivity (Wildman–Crippen MR) is 68.0 cm³/mol. The van der Waals surface area contributed by atoms with Crippen LogP contribution in [0.4, 0.5) is 0 Å². The first-order valence-electron chi connectivity index (χ1n) is 7.12. The summed E-state index contributed by atoms with van der Waals surface area (Å²) in [7, 11) is 3.30. The first-order chi connectivity index (χ1) is 8.77. The number of fused-ring (bicyclic) bond motifs is 1. The Bertz CT molecular complexity index is 252. The highest BCUT2D eigenvalue weighted by molar-refractivity contribution is 4.89. The van der Waals surface area contributed by atoms with Crippen molar-refractivity contribution in [1.29, 1.82) is 0 Å². The molecule has 4 nitrogen and oxygen atoms in total. The molecule has 1 aliphatic carbocycles. The van der Waals surface area contributed by atoms with E-state index in [0.717, 1.165) is 19.4 Å². The number of rotatable bonds is 5. The molecule has 3 atom stereocenters. The Morgan fingerprint density at radius 1 is 1.22 bits per heavy atom. The monoisotopic (exact) mass is 258 g/mol. The molecule has 2 fully saturated rings. The van der Waals surface area contributed by atoms with Crippen molar-refractivity contribution in [2.24, 2.45) is 17.8 Å². The van der Waals surface area contributed by atoms with Crippen molar-refractivity contribution in [1.82, 2.24) is 0 Å². The van der Waals surface area contributed by atoms with Gasteiger partial charge in [-0.15, -0.1) is 0 Å². The molecule has 1 N–H and O–H groups in total. The molecule has 4 heteroatoms. The van der Waals surface area contributed by atoms with E-state index in [2.05, 4.69) is 0 Å². The highest BCUT2D eigenvalue weighted by Crippen LogP contribution is 2.47. The molecule has 0 spiro atoms. The molecule has 0 bridgehead atoms. The van der Waals surface area contributed by atoms with Crippen molar-refractivity contribution in [3.63, 3.8) is 0 Å². The van der Waals surface area contributed by atoms with Gasteiger partial charge in [-0.2, -0.15) is 0 Å². The van der Waals surface area contributed by atoms with Gasteiger partial charge >= 0.3 is 0 Å². The molecule has 0 aromatic carbocycles. The Labute approximate surface area is 110 Å². The first-order valence-corrected chi connectivity index (χ1v) is 7.12. The lowest BCUT2D eigenvalue weighted by molar-refractivity contribution is -0.418. The van der Waals surface area contributed by atoms with Gasteiger partial charge in [0.15, 0.2) is 0 Å². The fourth-order valence-electron chi connectivity index (χ4n) is 3.77. The van der Waals surface area contributed by atoms with E-state index in [-0.39, 0.29) is 12.5 Å². The second-order valence-electron chi connectivity index (χ2n) is 5.50. The van der Waals surface area contributed by atoms with Crippen LogP contribution in [-0.2, 0) is 14.2 Å². The Hall–Kier alpha value is -0.160. The quantitative estimate of drug-likeness (QED) is 0.768. The van der Waals surface area contributed by atoms with E-state index in [0.29, 0.717) is 11.8 Å². The second-order valence-corrected chi connectivity index (χ2v) is 5.50. The van der Waals surface area contributed by atoms with E-state index in [1.54, 1.807) is 14.2 Å². The first kappa shape index (κ1) is 14.3. The van der Waals surface area contributed by atoms with Crippen molar-refractivity contribution < 1.29 is 19.3 Å². The van der Waals surface area contributed by atoms with Gasteiger partial charge in [0.1, 0.15) is 0 Å². The molecule has 0 aromatic heterocycles. The van der Waals surface area contributed by atoms with Crippen LogP contribution in [0.5, 0.6) is 0 Å². The minimum Gasteiger partial charge on any atom is -0.396 e. The van der Waals surface area contributed by atoms with Gasteiger partial charge in [-0.25, -0.2) is 0 Å². The lowest BCUT2D eigenvalue weighted by Crippen LogP contribution is -2.55. The lowest BCUT2D eigenvalue weighted by atomic mass is 9.69. The fourth-order valence-corrected chi connectivity index (χ4v) is 3.77.